The normalized spacial score (nSPS) is 19.0. The van der Waals surface area contributed by atoms with E-state index >= 15 is 0 Å². The topological polar surface area (TPSA) is 88.2 Å². The zero-order valence-corrected chi connectivity index (χ0v) is 16.8. The van der Waals surface area contributed by atoms with E-state index in [0.717, 1.165) is 40.2 Å². The number of pyridine rings is 1. The van der Waals surface area contributed by atoms with E-state index in [1.807, 2.05) is 58.3 Å². The van der Waals surface area contributed by atoms with E-state index in [0.29, 0.717) is 24.1 Å². The Morgan fingerprint density at radius 3 is 2.68 bits per heavy atom. The lowest BCUT2D eigenvalue weighted by molar-refractivity contribution is 0.0887. The fourth-order valence-electron chi connectivity index (χ4n) is 3.87. The van der Waals surface area contributed by atoms with Crippen LogP contribution in [0.2, 0.25) is 0 Å². The molecule has 1 aromatic carbocycles. The SMILES string of the molecule is Cc1ccnc([C@H]2C[C@@H]2c2cc(N(C)CC(C)(C)O)c3ccc(N)cc3n2)n1. The molecule has 0 bridgehead atoms. The summed E-state index contributed by atoms with van der Waals surface area (Å²) in [6.45, 7) is 6.14. The number of rotatable bonds is 5. The Hall–Kier alpha value is -2.73. The van der Waals surface area contributed by atoms with Gasteiger partial charge in [0.1, 0.15) is 5.82 Å². The average Bonchev–Trinajstić information content (AvgIpc) is 3.39. The third-order valence-electron chi connectivity index (χ3n) is 5.18. The van der Waals surface area contributed by atoms with Gasteiger partial charge in [-0.1, -0.05) is 0 Å². The molecular formula is C22H27N5O. The molecule has 4 rings (SSSR count). The zero-order chi connectivity index (χ0) is 20.1. The number of benzene rings is 1. The molecule has 1 aliphatic carbocycles. The first-order valence-electron chi connectivity index (χ1n) is 9.64. The molecule has 1 saturated carbocycles. The summed E-state index contributed by atoms with van der Waals surface area (Å²) in [6.07, 6.45) is 2.82. The lowest BCUT2D eigenvalue weighted by atomic mass is 10.1. The Kier molecular flexibility index (Phi) is 4.46. The minimum absolute atomic E-state index is 0.304. The second-order valence-electron chi connectivity index (χ2n) is 8.52. The first-order chi connectivity index (χ1) is 13.2. The second-order valence-corrected chi connectivity index (χ2v) is 8.52. The number of aliphatic hydroxyl groups is 1. The van der Waals surface area contributed by atoms with Crippen molar-refractivity contribution in [1.82, 2.24) is 15.0 Å². The summed E-state index contributed by atoms with van der Waals surface area (Å²) in [5.41, 5.74) is 9.87. The first-order valence-corrected chi connectivity index (χ1v) is 9.64. The van der Waals surface area contributed by atoms with Gasteiger partial charge in [-0.2, -0.15) is 0 Å². The molecule has 3 N–H and O–H groups in total. The molecule has 28 heavy (non-hydrogen) atoms. The molecule has 0 saturated heterocycles. The van der Waals surface area contributed by atoms with E-state index in [-0.39, 0.29) is 0 Å². The summed E-state index contributed by atoms with van der Waals surface area (Å²) in [5.74, 6) is 1.51. The third-order valence-corrected chi connectivity index (χ3v) is 5.18. The number of aromatic nitrogens is 3. The number of nitrogen functional groups attached to an aromatic ring is 1. The van der Waals surface area contributed by atoms with Crippen molar-refractivity contribution in [2.24, 2.45) is 0 Å². The van der Waals surface area contributed by atoms with E-state index in [4.69, 9.17) is 10.7 Å². The Morgan fingerprint density at radius 1 is 1.18 bits per heavy atom. The molecule has 0 radical (unpaired) electrons. The molecule has 3 aromatic rings. The number of hydrogen-bond acceptors (Lipinski definition) is 6. The van der Waals surface area contributed by atoms with Gasteiger partial charge in [-0.15, -0.1) is 0 Å². The van der Waals surface area contributed by atoms with Crippen LogP contribution in [0, 0.1) is 6.92 Å². The van der Waals surface area contributed by atoms with Crippen molar-refractivity contribution in [3.63, 3.8) is 0 Å². The lowest BCUT2D eigenvalue weighted by Gasteiger charge is -2.28. The standard InChI is InChI=1S/C22H27N5O/c1-13-7-8-24-21(25-13)17-10-16(17)19-11-20(27(4)12-22(2,3)28)15-6-5-14(23)9-18(15)26-19/h5-9,11,16-17,28H,10,12,23H2,1-4H3/t16-,17-/m0/s1. The van der Waals surface area contributed by atoms with Gasteiger partial charge in [-0.3, -0.25) is 4.98 Å². The maximum Gasteiger partial charge on any atom is 0.132 e. The summed E-state index contributed by atoms with van der Waals surface area (Å²) in [5, 5.41) is 11.3. The van der Waals surface area contributed by atoms with Crippen LogP contribution in [0.1, 0.15) is 49.3 Å². The van der Waals surface area contributed by atoms with Crippen LogP contribution in [-0.4, -0.2) is 39.3 Å². The Labute approximate surface area is 165 Å². The van der Waals surface area contributed by atoms with Crippen molar-refractivity contribution in [2.45, 2.75) is 44.6 Å². The Bertz CT molecular complexity index is 1030. The van der Waals surface area contributed by atoms with Gasteiger partial charge in [0.25, 0.3) is 0 Å². The predicted octanol–water partition coefficient (Wildman–Crippen LogP) is 3.39. The summed E-state index contributed by atoms with van der Waals surface area (Å²) in [4.78, 5) is 16.0. The highest BCUT2D eigenvalue weighted by molar-refractivity contribution is 5.93. The van der Waals surface area contributed by atoms with E-state index in [1.54, 1.807) is 0 Å². The maximum absolute atomic E-state index is 10.3. The van der Waals surface area contributed by atoms with Crippen LogP contribution >= 0.6 is 0 Å². The van der Waals surface area contributed by atoms with Crippen molar-refractivity contribution in [3.05, 3.63) is 53.7 Å². The van der Waals surface area contributed by atoms with Gasteiger partial charge in [0.15, 0.2) is 0 Å². The van der Waals surface area contributed by atoms with Crippen LogP contribution in [0.15, 0.2) is 36.5 Å². The molecule has 6 heteroatoms. The highest BCUT2D eigenvalue weighted by Crippen LogP contribution is 2.53. The van der Waals surface area contributed by atoms with Gasteiger partial charge >= 0.3 is 0 Å². The minimum Gasteiger partial charge on any atom is -0.399 e. The molecule has 0 spiro atoms. The van der Waals surface area contributed by atoms with Crippen molar-refractivity contribution >= 4 is 22.3 Å². The number of nitrogens with two attached hydrogens (primary N) is 1. The van der Waals surface area contributed by atoms with Crippen LogP contribution in [0.5, 0.6) is 0 Å². The molecule has 0 unspecified atom stereocenters. The summed E-state index contributed by atoms with van der Waals surface area (Å²) in [7, 11) is 2.00. The van der Waals surface area contributed by atoms with Crippen LogP contribution in [0.25, 0.3) is 10.9 Å². The van der Waals surface area contributed by atoms with Crippen molar-refractivity contribution < 1.29 is 5.11 Å². The largest absolute Gasteiger partial charge is 0.399 e. The molecular weight excluding hydrogens is 350 g/mol. The van der Waals surface area contributed by atoms with Gasteiger partial charge < -0.3 is 15.7 Å². The van der Waals surface area contributed by atoms with Crippen molar-refractivity contribution in [1.29, 1.82) is 0 Å². The van der Waals surface area contributed by atoms with Gasteiger partial charge in [0.05, 0.1) is 11.1 Å². The Balaban J connectivity index is 1.73. The molecule has 2 aromatic heterocycles. The molecule has 2 atom stereocenters. The van der Waals surface area contributed by atoms with Crippen molar-refractivity contribution in [3.8, 4) is 0 Å². The molecule has 1 fully saturated rings. The smallest absolute Gasteiger partial charge is 0.132 e. The van der Waals surface area contributed by atoms with Gasteiger partial charge in [-0.25, -0.2) is 9.97 Å². The summed E-state index contributed by atoms with van der Waals surface area (Å²) in [6, 6.07) is 9.88. The van der Waals surface area contributed by atoms with Crippen LogP contribution in [-0.2, 0) is 0 Å². The molecule has 1 aliphatic rings. The maximum atomic E-state index is 10.3. The molecule has 146 valence electrons. The molecule has 0 aliphatic heterocycles. The lowest BCUT2D eigenvalue weighted by Crippen LogP contribution is -2.36. The average molecular weight is 377 g/mol. The fourth-order valence-corrected chi connectivity index (χ4v) is 3.87. The summed E-state index contributed by atoms with van der Waals surface area (Å²) >= 11 is 0. The first kappa shape index (κ1) is 18.6. The van der Waals surface area contributed by atoms with E-state index in [1.165, 1.54) is 0 Å². The van der Waals surface area contributed by atoms with Gasteiger partial charge in [0.2, 0.25) is 0 Å². The van der Waals surface area contributed by atoms with E-state index in [2.05, 4.69) is 20.9 Å². The number of hydrogen-bond donors (Lipinski definition) is 2. The van der Waals surface area contributed by atoms with Crippen molar-refractivity contribution in [2.75, 3.05) is 24.2 Å². The third kappa shape index (κ3) is 3.78. The molecule has 6 nitrogen and oxygen atoms in total. The highest BCUT2D eigenvalue weighted by atomic mass is 16.3. The molecule has 0 amide bonds. The quantitative estimate of drug-likeness (QED) is 0.663. The highest BCUT2D eigenvalue weighted by Gasteiger charge is 2.43. The predicted molar refractivity (Wildman–Crippen MR) is 113 cm³/mol. The van der Waals surface area contributed by atoms with E-state index in [9.17, 15) is 5.11 Å². The molecule has 2 heterocycles. The summed E-state index contributed by atoms with van der Waals surface area (Å²) < 4.78 is 0. The number of aryl methyl sites for hydroxylation is 1. The van der Waals surface area contributed by atoms with Crippen LogP contribution < -0.4 is 10.6 Å². The van der Waals surface area contributed by atoms with Crippen LogP contribution in [0.4, 0.5) is 11.4 Å². The van der Waals surface area contributed by atoms with Gasteiger partial charge in [0, 0.05) is 59.8 Å². The number of nitrogens with zero attached hydrogens (tertiary/aromatic N) is 4. The van der Waals surface area contributed by atoms with Gasteiger partial charge in [-0.05, 0) is 57.5 Å². The minimum atomic E-state index is -0.796. The Morgan fingerprint density at radius 2 is 1.96 bits per heavy atom. The number of fused-ring (bicyclic) bond motifs is 1. The number of anilines is 2. The monoisotopic (exact) mass is 377 g/mol. The zero-order valence-electron chi connectivity index (χ0n) is 16.8. The fraction of sp³-hybridized carbons (Fsp3) is 0.409. The second kappa shape index (κ2) is 6.71. The number of likely N-dealkylation sites (N-methyl/N-ethyl adjacent to an activating group) is 1. The van der Waals surface area contributed by atoms with Crippen LogP contribution in [0.3, 0.4) is 0 Å². The van der Waals surface area contributed by atoms with E-state index < -0.39 is 5.60 Å².